The molecule has 0 aromatic carbocycles. The minimum absolute atomic E-state index is 0.228. The molecule has 0 aromatic heterocycles. The monoisotopic (exact) mass is 528 g/mol. The van der Waals surface area contributed by atoms with E-state index < -0.39 is 29.8 Å². The SMILES string of the molecule is OC1CCCCC1OCC(COC1CCCCC1O)(COC1CCCCC1O)COC1CCCCC1O. The summed E-state index contributed by atoms with van der Waals surface area (Å²) < 4.78 is 25.5. The quantitative estimate of drug-likeness (QED) is 0.305. The maximum absolute atomic E-state index is 10.6. The molecular weight excluding hydrogens is 476 g/mol. The molecule has 4 saturated carbocycles. The molecule has 216 valence electrons. The molecule has 4 fully saturated rings. The van der Waals surface area contributed by atoms with E-state index in [0.29, 0.717) is 26.4 Å². The Hall–Kier alpha value is -0.320. The zero-order valence-electron chi connectivity index (χ0n) is 22.7. The highest BCUT2D eigenvalue weighted by atomic mass is 16.5. The maximum atomic E-state index is 10.6. The molecule has 4 N–H and O–H groups in total. The smallest absolute Gasteiger partial charge is 0.0834 e. The average molecular weight is 529 g/mol. The normalized spacial score (nSPS) is 39.2. The first-order chi connectivity index (χ1) is 18.0. The molecule has 8 atom stereocenters. The van der Waals surface area contributed by atoms with E-state index in [1.165, 1.54) is 0 Å². The lowest BCUT2D eigenvalue weighted by molar-refractivity contribution is -0.188. The Bertz CT molecular complexity index is 538. The average Bonchev–Trinajstić information content (AvgIpc) is 2.91. The molecule has 0 aliphatic heterocycles. The van der Waals surface area contributed by atoms with E-state index in [1.54, 1.807) is 0 Å². The van der Waals surface area contributed by atoms with Crippen LogP contribution in [0.5, 0.6) is 0 Å². The Labute approximate surface area is 223 Å². The number of hydrogen-bond acceptors (Lipinski definition) is 8. The zero-order chi connectivity index (χ0) is 26.1. The van der Waals surface area contributed by atoms with Crippen LogP contribution >= 0.6 is 0 Å². The van der Waals surface area contributed by atoms with Crippen molar-refractivity contribution < 1.29 is 39.4 Å². The van der Waals surface area contributed by atoms with Crippen molar-refractivity contribution in [2.45, 2.75) is 152 Å². The first-order valence-electron chi connectivity index (χ1n) is 15.1. The highest BCUT2D eigenvalue weighted by molar-refractivity contribution is 4.87. The fraction of sp³-hybridized carbons (Fsp3) is 1.00. The van der Waals surface area contributed by atoms with Crippen molar-refractivity contribution in [3.05, 3.63) is 0 Å². The molecule has 37 heavy (non-hydrogen) atoms. The molecule has 4 aliphatic carbocycles. The van der Waals surface area contributed by atoms with Crippen LogP contribution in [0, 0.1) is 5.41 Å². The standard InChI is InChI=1S/C29H52O8/c30-21-9-1-5-13-25(21)34-17-29(18-35-26-14-6-2-10-22(26)31,19-36-27-15-7-3-11-23(27)32)20-37-28-16-8-4-12-24(28)33/h21-28,30-33H,1-20H2. The summed E-state index contributed by atoms with van der Waals surface area (Å²) in [5, 5.41) is 42.2. The molecule has 8 unspecified atom stereocenters. The molecule has 0 bridgehead atoms. The minimum Gasteiger partial charge on any atom is -0.390 e. The number of ether oxygens (including phenoxy) is 4. The van der Waals surface area contributed by atoms with Crippen LogP contribution < -0.4 is 0 Å². The molecule has 4 aliphatic rings. The van der Waals surface area contributed by atoms with E-state index >= 15 is 0 Å². The van der Waals surface area contributed by atoms with Gasteiger partial charge in [-0.1, -0.05) is 51.4 Å². The lowest BCUT2D eigenvalue weighted by Crippen LogP contribution is -2.49. The number of aliphatic hydroxyl groups is 4. The predicted octanol–water partition coefficient (Wildman–Crippen LogP) is 3.25. The molecule has 0 saturated heterocycles. The summed E-state index contributed by atoms with van der Waals surface area (Å²) in [4.78, 5) is 0. The van der Waals surface area contributed by atoms with Gasteiger partial charge in [0.2, 0.25) is 0 Å². The largest absolute Gasteiger partial charge is 0.390 e. The Balaban J connectivity index is 1.48. The molecular formula is C29H52O8. The van der Waals surface area contributed by atoms with E-state index in [0.717, 1.165) is 103 Å². The van der Waals surface area contributed by atoms with E-state index in [4.69, 9.17) is 18.9 Å². The highest BCUT2D eigenvalue weighted by Crippen LogP contribution is 2.32. The first kappa shape index (κ1) is 29.7. The third kappa shape index (κ3) is 8.84. The summed E-state index contributed by atoms with van der Waals surface area (Å²) in [5.74, 6) is 0. The van der Waals surface area contributed by atoms with Gasteiger partial charge >= 0.3 is 0 Å². The molecule has 8 nitrogen and oxygen atoms in total. The summed E-state index contributed by atoms with van der Waals surface area (Å²) in [6, 6.07) is 0. The van der Waals surface area contributed by atoms with Crippen molar-refractivity contribution in [2.24, 2.45) is 5.41 Å². The van der Waals surface area contributed by atoms with Gasteiger partial charge in [0.15, 0.2) is 0 Å². The van der Waals surface area contributed by atoms with Crippen molar-refractivity contribution in [2.75, 3.05) is 26.4 Å². The van der Waals surface area contributed by atoms with Crippen molar-refractivity contribution in [1.29, 1.82) is 0 Å². The van der Waals surface area contributed by atoms with Crippen LogP contribution in [0.3, 0.4) is 0 Å². The molecule has 0 aromatic rings. The minimum atomic E-state index is -0.678. The van der Waals surface area contributed by atoms with Crippen molar-refractivity contribution in [1.82, 2.24) is 0 Å². The van der Waals surface area contributed by atoms with E-state index in [9.17, 15) is 20.4 Å². The third-order valence-electron chi connectivity index (χ3n) is 9.09. The lowest BCUT2D eigenvalue weighted by Gasteiger charge is -2.41. The summed E-state index contributed by atoms with van der Waals surface area (Å²) in [7, 11) is 0. The molecule has 0 spiro atoms. The first-order valence-corrected chi connectivity index (χ1v) is 15.1. The number of rotatable bonds is 12. The number of aliphatic hydroxyl groups excluding tert-OH is 4. The van der Waals surface area contributed by atoms with Gasteiger partial charge in [-0.25, -0.2) is 0 Å². The van der Waals surface area contributed by atoms with Gasteiger partial charge in [-0.3, -0.25) is 0 Å². The van der Waals surface area contributed by atoms with Gasteiger partial charge in [0, 0.05) is 0 Å². The molecule has 0 radical (unpaired) electrons. The van der Waals surface area contributed by atoms with Gasteiger partial charge in [0.05, 0.1) is 80.7 Å². The summed E-state index contributed by atoms with van der Waals surface area (Å²) in [6.45, 7) is 1.18. The zero-order valence-corrected chi connectivity index (χ0v) is 22.7. The second-order valence-electron chi connectivity index (χ2n) is 12.3. The van der Waals surface area contributed by atoms with Crippen molar-refractivity contribution in [3.63, 3.8) is 0 Å². The van der Waals surface area contributed by atoms with Crippen LogP contribution in [0.25, 0.3) is 0 Å². The summed E-state index contributed by atoms with van der Waals surface area (Å²) in [6.07, 6.45) is 11.7. The Morgan fingerprint density at radius 1 is 0.378 bits per heavy atom. The molecule has 0 amide bonds. The van der Waals surface area contributed by atoms with Crippen LogP contribution in [0.2, 0.25) is 0 Å². The van der Waals surface area contributed by atoms with Gasteiger partial charge in [-0.2, -0.15) is 0 Å². The van der Waals surface area contributed by atoms with Crippen LogP contribution in [0.4, 0.5) is 0 Å². The highest BCUT2D eigenvalue weighted by Gasteiger charge is 2.40. The summed E-state index contributed by atoms with van der Waals surface area (Å²) >= 11 is 0. The fourth-order valence-electron chi connectivity index (χ4n) is 6.47. The number of hydrogen-bond donors (Lipinski definition) is 4. The predicted molar refractivity (Wildman–Crippen MR) is 139 cm³/mol. The van der Waals surface area contributed by atoms with Crippen molar-refractivity contribution in [3.8, 4) is 0 Å². The van der Waals surface area contributed by atoms with Crippen LogP contribution in [-0.4, -0.2) is 95.7 Å². The third-order valence-corrected chi connectivity index (χ3v) is 9.09. The second-order valence-corrected chi connectivity index (χ2v) is 12.3. The molecule has 4 rings (SSSR count). The van der Waals surface area contributed by atoms with Gasteiger partial charge in [-0.15, -0.1) is 0 Å². The van der Waals surface area contributed by atoms with Crippen LogP contribution in [0.15, 0.2) is 0 Å². The van der Waals surface area contributed by atoms with Gasteiger partial charge in [0.25, 0.3) is 0 Å². The van der Waals surface area contributed by atoms with Gasteiger partial charge in [0.1, 0.15) is 0 Å². The van der Waals surface area contributed by atoms with Crippen LogP contribution in [0.1, 0.15) is 103 Å². The van der Waals surface area contributed by atoms with Gasteiger partial charge < -0.3 is 39.4 Å². The maximum Gasteiger partial charge on any atom is 0.0834 e. The van der Waals surface area contributed by atoms with Gasteiger partial charge in [-0.05, 0) is 51.4 Å². The van der Waals surface area contributed by atoms with E-state index in [-0.39, 0.29) is 24.4 Å². The molecule has 8 heteroatoms. The van der Waals surface area contributed by atoms with Crippen LogP contribution in [-0.2, 0) is 18.9 Å². The lowest BCUT2D eigenvalue weighted by atomic mass is 9.88. The second kappa shape index (κ2) is 14.9. The Morgan fingerprint density at radius 3 is 0.811 bits per heavy atom. The summed E-state index contributed by atoms with van der Waals surface area (Å²) in [5.41, 5.74) is -0.678. The van der Waals surface area contributed by atoms with Crippen molar-refractivity contribution >= 4 is 0 Å². The Kier molecular flexibility index (Phi) is 11.9. The Morgan fingerprint density at radius 2 is 0.595 bits per heavy atom. The molecule has 0 heterocycles. The fourth-order valence-corrected chi connectivity index (χ4v) is 6.47. The van der Waals surface area contributed by atoms with E-state index in [1.807, 2.05) is 0 Å². The van der Waals surface area contributed by atoms with E-state index in [2.05, 4.69) is 0 Å². The topological polar surface area (TPSA) is 118 Å².